The maximum Gasteiger partial charge on any atom is 0.407 e. The molecule has 0 saturated carbocycles. The lowest BCUT2D eigenvalue weighted by atomic mass is 9.88. The summed E-state index contributed by atoms with van der Waals surface area (Å²) in [5.41, 5.74) is 4.37. The minimum atomic E-state index is -0.461. The number of hydrogen-bond donors (Lipinski definition) is 2. The van der Waals surface area contributed by atoms with Gasteiger partial charge in [0.15, 0.2) is 0 Å². The summed E-state index contributed by atoms with van der Waals surface area (Å²) in [5, 5.41) is 20.4. The largest absolute Gasteiger partial charge is 0.497 e. The maximum absolute atomic E-state index is 12.8. The number of alkyl carbamates (subject to hydrolysis) is 1. The molecule has 1 aromatic carbocycles. The van der Waals surface area contributed by atoms with Crippen LogP contribution in [-0.4, -0.2) is 35.5 Å². The summed E-state index contributed by atoms with van der Waals surface area (Å²) < 4.78 is 12.5. The number of nitrogens with one attached hydrogen (secondary N) is 2. The number of ether oxygens (including phenoxy) is 2. The third-order valence-corrected chi connectivity index (χ3v) is 8.02. The monoisotopic (exact) mass is 535 g/mol. The first-order chi connectivity index (χ1) is 18.3. The number of aryl methyl sites for hydroxylation is 2. The van der Waals surface area contributed by atoms with Gasteiger partial charge in [0.1, 0.15) is 16.8 Å². The van der Waals surface area contributed by atoms with Crippen LogP contribution in [0.4, 0.5) is 9.80 Å². The van der Waals surface area contributed by atoms with Crippen molar-refractivity contribution in [3.8, 4) is 11.8 Å². The molecule has 2 aromatic heterocycles. The van der Waals surface area contributed by atoms with Gasteiger partial charge in [-0.1, -0.05) is 19.1 Å². The van der Waals surface area contributed by atoms with Crippen molar-refractivity contribution in [1.82, 2.24) is 15.1 Å². The molecular weight excluding hydrogens is 502 g/mol. The fourth-order valence-corrected chi connectivity index (χ4v) is 6.09. The van der Waals surface area contributed by atoms with E-state index in [9.17, 15) is 14.9 Å². The summed E-state index contributed by atoms with van der Waals surface area (Å²) in [4.78, 5) is 26.1. The second kappa shape index (κ2) is 12.1. The number of anilines is 1. The summed E-state index contributed by atoms with van der Waals surface area (Å²) in [5.74, 6) is 0.788. The van der Waals surface area contributed by atoms with Gasteiger partial charge < -0.3 is 20.1 Å². The van der Waals surface area contributed by atoms with Gasteiger partial charge in [-0.05, 0) is 67.3 Å². The quantitative estimate of drug-likeness (QED) is 0.405. The standard InChI is InChI=1S/C28H33N5O4S/c1-17(20-6-5-7-22(13-20)36-4)10-26(34)31-27-24(14-29)23-9-8-19(12-25(23)38-27)16-37-28(35)30-15-21-11-18(2)32-33(21)3/h5-7,11,13,17,19H,8-10,12,15-16H2,1-4H3,(H,30,35)(H,31,34). The number of amides is 2. The lowest BCUT2D eigenvalue weighted by Gasteiger charge is -2.21. The number of fused-ring (bicyclic) bond motifs is 1. The molecule has 200 valence electrons. The normalized spacial score (nSPS) is 15.2. The zero-order chi connectivity index (χ0) is 27.2. The third kappa shape index (κ3) is 6.53. The Labute approximate surface area is 226 Å². The van der Waals surface area contributed by atoms with E-state index in [-0.39, 0.29) is 17.7 Å². The molecule has 0 saturated heterocycles. The summed E-state index contributed by atoms with van der Waals surface area (Å²) in [6.07, 6.45) is 2.07. The van der Waals surface area contributed by atoms with Crippen molar-refractivity contribution in [2.45, 2.75) is 52.0 Å². The summed E-state index contributed by atoms with van der Waals surface area (Å²) in [6.45, 7) is 4.55. The van der Waals surface area contributed by atoms with Gasteiger partial charge >= 0.3 is 6.09 Å². The van der Waals surface area contributed by atoms with E-state index >= 15 is 0 Å². The number of rotatable bonds is 9. The molecule has 2 atom stereocenters. The molecule has 10 heteroatoms. The molecule has 0 radical (unpaired) electrons. The van der Waals surface area contributed by atoms with Crippen molar-refractivity contribution in [1.29, 1.82) is 5.26 Å². The molecule has 1 aliphatic carbocycles. The van der Waals surface area contributed by atoms with Crippen LogP contribution in [0.2, 0.25) is 0 Å². The van der Waals surface area contributed by atoms with E-state index in [2.05, 4.69) is 21.8 Å². The molecule has 2 N–H and O–H groups in total. The van der Waals surface area contributed by atoms with E-state index in [1.807, 2.05) is 51.2 Å². The van der Waals surface area contributed by atoms with Gasteiger partial charge in [-0.2, -0.15) is 10.4 Å². The average Bonchev–Trinajstić information content (AvgIpc) is 3.42. The van der Waals surface area contributed by atoms with E-state index in [4.69, 9.17) is 9.47 Å². The molecule has 38 heavy (non-hydrogen) atoms. The maximum atomic E-state index is 12.8. The van der Waals surface area contributed by atoms with Crippen molar-refractivity contribution in [2.24, 2.45) is 13.0 Å². The van der Waals surface area contributed by atoms with Crippen LogP contribution in [0.25, 0.3) is 0 Å². The molecule has 0 fully saturated rings. The zero-order valence-electron chi connectivity index (χ0n) is 22.2. The van der Waals surface area contributed by atoms with Gasteiger partial charge in [-0.3, -0.25) is 9.48 Å². The van der Waals surface area contributed by atoms with E-state index in [0.29, 0.717) is 36.6 Å². The fourth-order valence-electron chi connectivity index (χ4n) is 4.76. The van der Waals surface area contributed by atoms with Gasteiger partial charge in [0.25, 0.3) is 0 Å². The average molecular weight is 536 g/mol. The first kappa shape index (κ1) is 27.2. The fraction of sp³-hybridized carbons (Fsp3) is 0.429. The molecule has 0 aliphatic heterocycles. The van der Waals surface area contributed by atoms with Crippen LogP contribution in [-0.2, 0) is 36.0 Å². The molecule has 9 nitrogen and oxygen atoms in total. The molecule has 2 amide bonds. The molecular formula is C28H33N5O4S. The first-order valence-corrected chi connectivity index (χ1v) is 13.5. The van der Waals surface area contributed by atoms with E-state index in [0.717, 1.165) is 46.0 Å². The van der Waals surface area contributed by atoms with Gasteiger partial charge in [-0.25, -0.2) is 4.79 Å². The van der Waals surface area contributed by atoms with Crippen molar-refractivity contribution in [2.75, 3.05) is 19.0 Å². The molecule has 0 bridgehead atoms. The van der Waals surface area contributed by atoms with Gasteiger partial charge in [0.05, 0.1) is 37.2 Å². The van der Waals surface area contributed by atoms with Gasteiger partial charge in [0.2, 0.25) is 5.91 Å². The van der Waals surface area contributed by atoms with Crippen molar-refractivity contribution < 1.29 is 19.1 Å². The second-order valence-corrected chi connectivity index (χ2v) is 10.8. The van der Waals surface area contributed by atoms with E-state index < -0.39 is 6.09 Å². The topological polar surface area (TPSA) is 118 Å². The number of methoxy groups -OCH3 is 1. The number of nitriles is 1. The smallest absolute Gasteiger partial charge is 0.407 e. The highest BCUT2D eigenvalue weighted by molar-refractivity contribution is 7.16. The van der Waals surface area contributed by atoms with Crippen LogP contribution in [0.5, 0.6) is 5.75 Å². The van der Waals surface area contributed by atoms with Crippen LogP contribution in [0.15, 0.2) is 30.3 Å². The third-order valence-electron chi connectivity index (χ3n) is 6.85. The Morgan fingerprint density at radius 2 is 2.16 bits per heavy atom. The highest BCUT2D eigenvalue weighted by Gasteiger charge is 2.27. The number of thiophene rings is 1. The Kier molecular flexibility index (Phi) is 8.69. The van der Waals surface area contributed by atoms with Gasteiger partial charge in [-0.15, -0.1) is 11.3 Å². The lowest BCUT2D eigenvalue weighted by Crippen LogP contribution is -2.28. The predicted octanol–water partition coefficient (Wildman–Crippen LogP) is 4.83. The number of carbonyl (C=O) groups is 2. The Morgan fingerprint density at radius 3 is 2.87 bits per heavy atom. The van der Waals surface area contributed by atoms with Crippen LogP contribution >= 0.6 is 11.3 Å². The Balaban J connectivity index is 1.31. The predicted molar refractivity (Wildman–Crippen MR) is 145 cm³/mol. The second-order valence-electron chi connectivity index (χ2n) is 9.71. The summed E-state index contributed by atoms with van der Waals surface area (Å²) >= 11 is 1.45. The highest BCUT2D eigenvalue weighted by atomic mass is 32.1. The Bertz CT molecular complexity index is 1360. The molecule has 3 aromatic rings. The van der Waals surface area contributed by atoms with E-state index in [1.165, 1.54) is 11.3 Å². The first-order valence-electron chi connectivity index (χ1n) is 12.7. The number of nitrogens with zero attached hydrogens (tertiary/aromatic N) is 3. The van der Waals surface area contributed by atoms with Crippen LogP contribution in [0.3, 0.4) is 0 Å². The minimum absolute atomic E-state index is 0.000179. The number of benzene rings is 1. The lowest BCUT2D eigenvalue weighted by molar-refractivity contribution is -0.116. The number of hydrogen-bond acceptors (Lipinski definition) is 7. The molecule has 4 rings (SSSR count). The van der Waals surface area contributed by atoms with Crippen molar-refractivity contribution in [3.05, 3.63) is 63.3 Å². The molecule has 1 aliphatic rings. The van der Waals surface area contributed by atoms with Crippen LogP contribution < -0.4 is 15.4 Å². The summed E-state index contributed by atoms with van der Waals surface area (Å²) in [6, 6.07) is 11.9. The van der Waals surface area contributed by atoms with Crippen molar-refractivity contribution >= 4 is 28.3 Å². The van der Waals surface area contributed by atoms with E-state index in [1.54, 1.807) is 11.8 Å². The zero-order valence-corrected chi connectivity index (χ0v) is 23.0. The molecule has 0 spiro atoms. The SMILES string of the molecule is COc1cccc(C(C)CC(=O)Nc2sc3c(c2C#N)CCC(COC(=O)NCc2cc(C)nn2C)C3)c1. The number of aromatic nitrogens is 2. The molecule has 2 heterocycles. The van der Waals surface area contributed by atoms with Crippen molar-refractivity contribution in [3.63, 3.8) is 0 Å². The molecule has 2 unspecified atom stereocenters. The Morgan fingerprint density at radius 1 is 1.34 bits per heavy atom. The van der Waals surface area contributed by atoms with Crippen LogP contribution in [0, 0.1) is 24.2 Å². The Hall–Kier alpha value is -3.84. The minimum Gasteiger partial charge on any atom is -0.497 e. The van der Waals surface area contributed by atoms with Crippen LogP contribution in [0.1, 0.15) is 58.6 Å². The highest BCUT2D eigenvalue weighted by Crippen LogP contribution is 2.39. The number of carbonyl (C=O) groups excluding carboxylic acids is 2. The van der Waals surface area contributed by atoms with Gasteiger partial charge in [0, 0.05) is 18.3 Å². The summed E-state index contributed by atoms with van der Waals surface area (Å²) in [7, 11) is 3.46.